The normalized spacial score (nSPS) is 10.7. The number of esters is 1. The van der Waals surface area contributed by atoms with Crippen molar-refractivity contribution in [1.82, 2.24) is 0 Å². The Morgan fingerprint density at radius 2 is 1.80 bits per heavy atom. The largest absolute Gasteiger partial charge is 0.497 e. The third-order valence-electron chi connectivity index (χ3n) is 4.34. The summed E-state index contributed by atoms with van der Waals surface area (Å²) in [5, 5.41) is 11.2. The molecule has 0 atom stereocenters. The minimum atomic E-state index is -0.877. The molecule has 0 N–H and O–H groups in total. The van der Waals surface area contributed by atoms with Crippen LogP contribution in [0.4, 0.5) is 5.69 Å². The minimum Gasteiger partial charge on any atom is -0.497 e. The topological polar surface area (TPSA) is 109 Å². The zero-order valence-electron chi connectivity index (χ0n) is 15.5. The molecule has 0 amide bonds. The van der Waals surface area contributed by atoms with E-state index in [1.807, 2.05) is 0 Å². The number of para-hydroxylation sites is 1. The fraction of sp³-hybridized carbons (Fsp3) is 0.0476. The van der Waals surface area contributed by atoms with Gasteiger partial charge in [-0.05, 0) is 29.8 Å². The second-order valence-corrected chi connectivity index (χ2v) is 7.12. The molecule has 4 aromatic rings. The number of nitro groups is 1. The van der Waals surface area contributed by atoms with Crippen LogP contribution in [0.2, 0.25) is 0 Å². The van der Waals surface area contributed by atoms with Gasteiger partial charge in [-0.1, -0.05) is 35.6 Å². The van der Waals surface area contributed by atoms with E-state index in [9.17, 15) is 19.7 Å². The molecule has 4 rings (SSSR count). The van der Waals surface area contributed by atoms with Crippen molar-refractivity contribution in [3.8, 4) is 22.6 Å². The molecule has 0 radical (unpaired) electrons. The molecule has 30 heavy (non-hydrogen) atoms. The molecular formula is C21H13NO7S. The molecule has 0 aliphatic rings. The van der Waals surface area contributed by atoms with Gasteiger partial charge in [-0.15, -0.1) is 0 Å². The van der Waals surface area contributed by atoms with Crippen LogP contribution in [-0.2, 0) is 0 Å². The number of nitrogens with zero attached hydrogens (tertiary/aromatic N) is 1. The SMILES string of the molecule is COc1ccc(-c2cc(OC(=O)c3ccccc3[N+](=O)[O-])cc3sc(=O)oc23)cc1. The molecule has 0 aliphatic heterocycles. The molecule has 0 saturated carbocycles. The van der Waals surface area contributed by atoms with Crippen LogP contribution in [0.5, 0.6) is 11.5 Å². The van der Waals surface area contributed by atoms with E-state index >= 15 is 0 Å². The Morgan fingerprint density at radius 3 is 2.50 bits per heavy atom. The maximum Gasteiger partial charge on any atom is 0.396 e. The van der Waals surface area contributed by atoms with Crippen LogP contribution in [-0.4, -0.2) is 18.0 Å². The molecule has 0 fully saturated rings. The summed E-state index contributed by atoms with van der Waals surface area (Å²) in [6.07, 6.45) is 0. The van der Waals surface area contributed by atoms with E-state index in [4.69, 9.17) is 13.9 Å². The van der Waals surface area contributed by atoms with Crippen molar-refractivity contribution < 1.29 is 23.6 Å². The highest BCUT2D eigenvalue weighted by Gasteiger charge is 2.22. The number of hydrogen-bond donors (Lipinski definition) is 0. The van der Waals surface area contributed by atoms with Gasteiger partial charge in [0.05, 0.1) is 16.7 Å². The molecule has 0 bridgehead atoms. The summed E-state index contributed by atoms with van der Waals surface area (Å²) in [4.78, 5) is 34.4. The molecule has 3 aromatic carbocycles. The zero-order chi connectivity index (χ0) is 21.3. The van der Waals surface area contributed by atoms with E-state index in [2.05, 4.69) is 0 Å². The predicted octanol–water partition coefficient (Wildman–Crippen LogP) is 4.66. The first-order valence-corrected chi connectivity index (χ1v) is 9.45. The second kappa shape index (κ2) is 7.80. The first-order valence-electron chi connectivity index (χ1n) is 8.64. The third kappa shape index (κ3) is 3.65. The summed E-state index contributed by atoms with van der Waals surface area (Å²) in [6, 6.07) is 15.6. The van der Waals surface area contributed by atoms with Crippen molar-refractivity contribution in [3.05, 3.63) is 86.1 Å². The smallest absolute Gasteiger partial charge is 0.396 e. The van der Waals surface area contributed by atoms with Gasteiger partial charge < -0.3 is 13.9 Å². The number of carbonyl (C=O) groups excluding carboxylic acids is 1. The van der Waals surface area contributed by atoms with Crippen molar-refractivity contribution in [2.75, 3.05) is 7.11 Å². The van der Waals surface area contributed by atoms with Gasteiger partial charge in [0, 0.05) is 17.7 Å². The summed E-state index contributed by atoms with van der Waals surface area (Å²) in [5.74, 6) is -0.0903. The van der Waals surface area contributed by atoms with E-state index in [-0.39, 0.29) is 17.0 Å². The summed E-state index contributed by atoms with van der Waals surface area (Å²) >= 11 is 0.867. The van der Waals surface area contributed by atoms with Crippen LogP contribution in [0.15, 0.2) is 69.9 Å². The number of rotatable bonds is 5. The Labute approximate surface area is 173 Å². The fourth-order valence-electron chi connectivity index (χ4n) is 2.96. The maximum atomic E-state index is 12.6. The van der Waals surface area contributed by atoms with Gasteiger partial charge in [0.25, 0.3) is 5.69 Å². The number of hydrogen-bond acceptors (Lipinski definition) is 8. The molecule has 1 aromatic heterocycles. The van der Waals surface area contributed by atoms with Crippen molar-refractivity contribution >= 4 is 33.3 Å². The van der Waals surface area contributed by atoms with Crippen molar-refractivity contribution in [1.29, 1.82) is 0 Å². The summed E-state index contributed by atoms with van der Waals surface area (Å²) in [6.45, 7) is 0. The molecule has 0 unspecified atom stereocenters. The number of benzene rings is 3. The average Bonchev–Trinajstić information content (AvgIpc) is 3.13. The molecule has 8 nitrogen and oxygen atoms in total. The summed E-state index contributed by atoms with van der Waals surface area (Å²) in [7, 11) is 1.55. The van der Waals surface area contributed by atoms with Crippen molar-refractivity contribution in [2.24, 2.45) is 0 Å². The molecule has 1 heterocycles. The van der Waals surface area contributed by atoms with Crippen LogP contribution in [0.25, 0.3) is 21.4 Å². The lowest BCUT2D eigenvalue weighted by Crippen LogP contribution is -2.11. The quantitative estimate of drug-likeness (QED) is 0.199. The first-order chi connectivity index (χ1) is 14.5. The van der Waals surface area contributed by atoms with Gasteiger partial charge in [-0.2, -0.15) is 0 Å². The van der Waals surface area contributed by atoms with Crippen molar-refractivity contribution in [2.45, 2.75) is 0 Å². The molecule has 0 saturated heterocycles. The van der Waals surface area contributed by atoms with Gasteiger partial charge >= 0.3 is 10.9 Å². The third-order valence-corrected chi connectivity index (χ3v) is 5.11. The molecular weight excluding hydrogens is 410 g/mol. The molecule has 150 valence electrons. The van der Waals surface area contributed by atoms with Crippen LogP contribution < -0.4 is 14.4 Å². The van der Waals surface area contributed by atoms with E-state index in [1.165, 1.54) is 30.3 Å². The van der Waals surface area contributed by atoms with Gasteiger partial charge in [-0.3, -0.25) is 10.1 Å². The van der Waals surface area contributed by atoms with E-state index in [0.29, 0.717) is 27.2 Å². The lowest BCUT2D eigenvalue weighted by molar-refractivity contribution is -0.385. The van der Waals surface area contributed by atoms with Crippen LogP contribution in [0.1, 0.15) is 10.4 Å². The average molecular weight is 423 g/mol. The van der Waals surface area contributed by atoms with Crippen LogP contribution in [0.3, 0.4) is 0 Å². The zero-order valence-corrected chi connectivity index (χ0v) is 16.3. The Morgan fingerprint density at radius 1 is 1.07 bits per heavy atom. The molecule has 0 aliphatic carbocycles. The number of carbonyl (C=O) groups is 1. The predicted molar refractivity (Wildman–Crippen MR) is 110 cm³/mol. The highest BCUT2D eigenvalue weighted by Crippen LogP contribution is 2.35. The van der Waals surface area contributed by atoms with Crippen LogP contribution >= 0.6 is 11.3 Å². The molecule has 0 spiro atoms. The van der Waals surface area contributed by atoms with Gasteiger partial charge in [0.2, 0.25) is 0 Å². The first kappa shape index (κ1) is 19.3. The minimum absolute atomic E-state index is 0.133. The second-order valence-electron chi connectivity index (χ2n) is 6.14. The standard InChI is InChI=1S/C21H13NO7S/c1-27-13-8-6-12(7-9-13)16-10-14(11-18-19(16)29-21(24)30-18)28-20(23)15-4-2-3-5-17(15)22(25)26/h2-11H,1H3. The molecule has 9 heteroatoms. The monoisotopic (exact) mass is 423 g/mol. The van der Waals surface area contributed by atoms with Crippen molar-refractivity contribution in [3.63, 3.8) is 0 Å². The van der Waals surface area contributed by atoms with Gasteiger partial charge in [0.1, 0.15) is 17.1 Å². The summed E-state index contributed by atoms with van der Waals surface area (Å²) in [5.41, 5.74) is 1.09. The number of fused-ring (bicyclic) bond motifs is 1. The number of ether oxygens (including phenoxy) is 2. The van der Waals surface area contributed by atoms with Crippen LogP contribution in [0, 0.1) is 10.1 Å². The Kier molecular flexibility index (Phi) is 5.03. The van der Waals surface area contributed by atoms with E-state index in [0.717, 1.165) is 11.3 Å². The number of methoxy groups -OCH3 is 1. The lowest BCUT2D eigenvalue weighted by atomic mass is 10.0. The number of nitro benzene ring substituents is 1. The highest BCUT2D eigenvalue weighted by atomic mass is 32.1. The van der Waals surface area contributed by atoms with Gasteiger partial charge in [0.15, 0.2) is 5.58 Å². The summed E-state index contributed by atoms with van der Waals surface area (Å²) < 4.78 is 16.4. The van der Waals surface area contributed by atoms with E-state index < -0.39 is 15.8 Å². The highest BCUT2D eigenvalue weighted by molar-refractivity contribution is 7.16. The van der Waals surface area contributed by atoms with Gasteiger partial charge in [-0.25, -0.2) is 9.59 Å². The Hall–Kier alpha value is -3.98. The fourth-order valence-corrected chi connectivity index (χ4v) is 3.69. The van der Waals surface area contributed by atoms with E-state index in [1.54, 1.807) is 37.4 Å². The lowest BCUT2D eigenvalue weighted by Gasteiger charge is -2.09. The Bertz CT molecular complexity index is 1320. The maximum absolute atomic E-state index is 12.6. The Balaban J connectivity index is 1.78.